The summed E-state index contributed by atoms with van der Waals surface area (Å²) < 4.78 is 0.572. The molecule has 0 bridgehead atoms. The van der Waals surface area contributed by atoms with Crippen molar-refractivity contribution in [1.82, 2.24) is 0 Å². The molecule has 0 spiro atoms. The lowest BCUT2D eigenvalue weighted by molar-refractivity contribution is -0.459. The average molecular weight is 157 g/mol. The SMILES string of the molecule is CC1(C)CC(C(=O)O)=[N+]([O-])C1. The summed E-state index contributed by atoms with van der Waals surface area (Å²) in [5, 5.41) is 19.5. The molecule has 1 rings (SSSR count). The molecular weight excluding hydrogens is 146 g/mol. The molecule has 0 amide bonds. The Morgan fingerprint density at radius 1 is 1.73 bits per heavy atom. The zero-order valence-corrected chi connectivity index (χ0v) is 6.63. The molecule has 4 heteroatoms. The number of carboxylic acid groups (broad SMARTS) is 1. The van der Waals surface area contributed by atoms with Crippen LogP contribution in [0.25, 0.3) is 0 Å². The Kier molecular flexibility index (Phi) is 1.62. The van der Waals surface area contributed by atoms with Gasteiger partial charge in [-0.15, -0.1) is 0 Å². The highest BCUT2D eigenvalue weighted by atomic mass is 16.5. The molecule has 1 aliphatic heterocycles. The van der Waals surface area contributed by atoms with Crippen molar-refractivity contribution in [3.8, 4) is 0 Å². The Labute approximate surface area is 64.7 Å². The van der Waals surface area contributed by atoms with Crippen molar-refractivity contribution in [2.24, 2.45) is 5.41 Å². The largest absolute Gasteiger partial charge is 0.623 e. The maximum absolute atomic E-state index is 10.9. The predicted octanol–water partition coefficient (Wildman–Crippen LogP) is 0.452. The molecule has 4 nitrogen and oxygen atoms in total. The zero-order chi connectivity index (χ0) is 8.65. The Bertz CT molecular complexity index is 230. The quantitative estimate of drug-likeness (QED) is 0.444. The van der Waals surface area contributed by atoms with Gasteiger partial charge in [-0.25, -0.2) is 9.53 Å². The zero-order valence-electron chi connectivity index (χ0n) is 6.63. The van der Waals surface area contributed by atoms with Crippen molar-refractivity contribution < 1.29 is 14.6 Å². The summed E-state index contributed by atoms with van der Waals surface area (Å²) in [4.78, 5) is 10.4. The molecule has 0 radical (unpaired) electrons. The molecule has 0 saturated heterocycles. The van der Waals surface area contributed by atoms with Crippen molar-refractivity contribution in [3.05, 3.63) is 5.21 Å². The van der Waals surface area contributed by atoms with E-state index in [0.29, 0.717) is 11.2 Å². The van der Waals surface area contributed by atoms with Gasteiger partial charge in [0.2, 0.25) is 0 Å². The van der Waals surface area contributed by atoms with E-state index in [-0.39, 0.29) is 17.7 Å². The lowest BCUT2D eigenvalue weighted by atomic mass is 9.90. The van der Waals surface area contributed by atoms with Crippen LogP contribution >= 0.6 is 0 Å². The highest BCUT2D eigenvalue weighted by molar-refractivity contribution is 6.33. The highest BCUT2D eigenvalue weighted by Crippen LogP contribution is 2.26. The van der Waals surface area contributed by atoms with E-state index in [1.165, 1.54) is 0 Å². The fourth-order valence-corrected chi connectivity index (χ4v) is 1.26. The second-order valence-corrected chi connectivity index (χ2v) is 3.63. The Hall–Kier alpha value is -1.06. The summed E-state index contributed by atoms with van der Waals surface area (Å²) in [5.41, 5.74) is -0.204. The van der Waals surface area contributed by atoms with E-state index < -0.39 is 5.97 Å². The third-order valence-corrected chi connectivity index (χ3v) is 1.77. The van der Waals surface area contributed by atoms with Gasteiger partial charge in [0, 0.05) is 5.41 Å². The number of aliphatic carboxylic acids is 1. The first-order valence-corrected chi connectivity index (χ1v) is 3.46. The number of hydrogen-bond acceptors (Lipinski definition) is 2. The van der Waals surface area contributed by atoms with Crippen LogP contribution in [-0.4, -0.2) is 28.1 Å². The van der Waals surface area contributed by atoms with E-state index in [1.54, 1.807) is 0 Å². The first kappa shape index (κ1) is 8.04. The van der Waals surface area contributed by atoms with Crippen LogP contribution in [0, 0.1) is 10.6 Å². The molecule has 1 N–H and O–H groups in total. The Morgan fingerprint density at radius 3 is 2.45 bits per heavy atom. The molecule has 1 heterocycles. The minimum atomic E-state index is -1.09. The third-order valence-electron chi connectivity index (χ3n) is 1.77. The number of nitrogens with zero attached hydrogens (tertiary/aromatic N) is 1. The van der Waals surface area contributed by atoms with E-state index in [2.05, 4.69) is 0 Å². The fraction of sp³-hybridized carbons (Fsp3) is 0.714. The van der Waals surface area contributed by atoms with Crippen LogP contribution in [0.15, 0.2) is 0 Å². The van der Waals surface area contributed by atoms with Gasteiger partial charge in [0.15, 0.2) is 6.54 Å². The summed E-state index contributed by atoms with van der Waals surface area (Å²) in [6, 6.07) is 0. The number of hydroxylamine groups is 1. The standard InChI is InChI=1S/C7H11NO3/c1-7(2)3-5(6(9)10)8(11)4-7/h3-4H2,1-2H3,(H,9,10). The molecule has 0 aromatic carbocycles. The second-order valence-electron chi connectivity index (χ2n) is 3.63. The lowest BCUT2D eigenvalue weighted by Gasteiger charge is -2.10. The van der Waals surface area contributed by atoms with Gasteiger partial charge in [-0.3, -0.25) is 0 Å². The van der Waals surface area contributed by atoms with Crippen molar-refractivity contribution in [2.45, 2.75) is 20.3 Å². The summed E-state index contributed by atoms with van der Waals surface area (Å²) >= 11 is 0. The number of carbonyl (C=O) groups is 1. The van der Waals surface area contributed by atoms with Gasteiger partial charge in [0.25, 0.3) is 5.71 Å². The van der Waals surface area contributed by atoms with Crippen molar-refractivity contribution in [2.75, 3.05) is 6.54 Å². The number of hydrogen-bond donors (Lipinski definition) is 1. The van der Waals surface area contributed by atoms with E-state index in [9.17, 15) is 10.0 Å². The highest BCUT2D eigenvalue weighted by Gasteiger charge is 2.38. The maximum atomic E-state index is 10.9. The van der Waals surface area contributed by atoms with Gasteiger partial charge in [-0.1, -0.05) is 13.8 Å². The first-order chi connectivity index (χ1) is 4.92. The van der Waals surface area contributed by atoms with Gasteiger partial charge in [0.1, 0.15) is 0 Å². The number of rotatable bonds is 1. The first-order valence-electron chi connectivity index (χ1n) is 3.46. The second kappa shape index (κ2) is 2.22. The minimum Gasteiger partial charge on any atom is -0.623 e. The molecule has 11 heavy (non-hydrogen) atoms. The van der Waals surface area contributed by atoms with E-state index in [1.807, 2.05) is 13.8 Å². The van der Waals surface area contributed by atoms with Crippen LogP contribution in [0.1, 0.15) is 20.3 Å². The van der Waals surface area contributed by atoms with E-state index in [0.717, 1.165) is 0 Å². The molecule has 0 aliphatic carbocycles. The van der Waals surface area contributed by atoms with Gasteiger partial charge in [0.05, 0.1) is 6.42 Å². The average Bonchev–Trinajstić information content (AvgIpc) is 2.05. The lowest BCUT2D eigenvalue weighted by Crippen LogP contribution is -2.18. The summed E-state index contributed by atoms with van der Waals surface area (Å²) in [5.74, 6) is -1.09. The molecule has 62 valence electrons. The summed E-state index contributed by atoms with van der Waals surface area (Å²) in [6.45, 7) is 4.05. The smallest absolute Gasteiger partial charge is 0.397 e. The van der Waals surface area contributed by atoms with Gasteiger partial charge in [-0.05, 0) is 0 Å². The third kappa shape index (κ3) is 1.50. The van der Waals surface area contributed by atoms with E-state index in [4.69, 9.17) is 5.11 Å². The fourth-order valence-electron chi connectivity index (χ4n) is 1.26. The van der Waals surface area contributed by atoms with Crippen LogP contribution in [0.3, 0.4) is 0 Å². The Morgan fingerprint density at radius 2 is 2.27 bits per heavy atom. The topological polar surface area (TPSA) is 63.4 Å². The van der Waals surface area contributed by atoms with Gasteiger partial charge >= 0.3 is 5.97 Å². The van der Waals surface area contributed by atoms with Gasteiger partial charge in [-0.2, -0.15) is 0 Å². The van der Waals surface area contributed by atoms with Crippen LogP contribution in [0.2, 0.25) is 0 Å². The normalized spacial score (nSPS) is 22.4. The monoisotopic (exact) mass is 157 g/mol. The molecule has 0 saturated carbocycles. The van der Waals surface area contributed by atoms with Crippen LogP contribution in [0.4, 0.5) is 0 Å². The molecule has 0 aromatic heterocycles. The van der Waals surface area contributed by atoms with Crippen molar-refractivity contribution in [1.29, 1.82) is 0 Å². The molecule has 0 unspecified atom stereocenters. The van der Waals surface area contributed by atoms with E-state index >= 15 is 0 Å². The summed E-state index contributed by atoms with van der Waals surface area (Å²) in [6.07, 6.45) is 0.367. The Balaban J connectivity index is 2.84. The molecule has 0 atom stereocenters. The van der Waals surface area contributed by atoms with Crippen molar-refractivity contribution in [3.63, 3.8) is 0 Å². The molecule has 0 aromatic rings. The maximum Gasteiger partial charge on any atom is 0.397 e. The molecule has 1 aliphatic rings. The van der Waals surface area contributed by atoms with Crippen LogP contribution < -0.4 is 0 Å². The summed E-state index contributed by atoms with van der Waals surface area (Å²) in [7, 11) is 0. The predicted molar refractivity (Wildman–Crippen MR) is 39.5 cm³/mol. The number of carboxylic acids is 1. The minimum absolute atomic E-state index is 0.0185. The molecule has 0 fully saturated rings. The van der Waals surface area contributed by atoms with Crippen LogP contribution in [0.5, 0.6) is 0 Å². The molecular formula is C7H11NO3. The van der Waals surface area contributed by atoms with Crippen LogP contribution in [-0.2, 0) is 4.79 Å². The van der Waals surface area contributed by atoms with Crippen molar-refractivity contribution >= 4 is 11.7 Å². The van der Waals surface area contributed by atoms with Gasteiger partial charge < -0.3 is 10.3 Å².